The normalized spacial score (nSPS) is 22.2. The van der Waals surface area contributed by atoms with Gasteiger partial charge in [0.25, 0.3) is 0 Å². The highest BCUT2D eigenvalue weighted by molar-refractivity contribution is 8.04. The summed E-state index contributed by atoms with van der Waals surface area (Å²) < 4.78 is 0. The van der Waals surface area contributed by atoms with Crippen LogP contribution in [-0.4, -0.2) is 23.0 Å². The topological polar surface area (TPSA) is 83.8 Å². The van der Waals surface area contributed by atoms with Crippen molar-refractivity contribution in [3.8, 4) is 0 Å². The fourth-order valence-electron chi connectivity index (χ4n) is 3.33. The number of halogens is 1. The number of nitrogens with zero attached hydrogens (tertiary/aromatic N) is 4. The van der Waals surface area contributed by atoms with Crippen LogP contribution >= 0.6 is 23.4 Å². The van der Waals surface area contributed by atoms with Gasteiger partial charge < -0.3 is 21.3 Å². The Balaban J connectivity index is 1.76. The fourth-order valence-corrected chi connectivity index (χ4v) is 4.45. The van der Waals surface area contributed by atoms with Gasteiger partial charge in [-0.25, -0.2) is 9.98 Å². The molecule has 1 aromatic carbocycles. The molecule has 0 radical (unpaired) electrons. The lowest BCUT2D eigenvalue weighted by Gasteiger charge is -2.36. The summed E-state index contributed by atoms with van der Waals surface area (Å²) in [5, 5.41) is 1.29. The van der Waals surface area contributed by atoms with Crippen molar-refractivity contribution in [1.82, 2.24) is 4.98 Å². The lowest BCUT2D eigenvalue weighted by molar-refractivity contribution is 0.721. The maximum absolute atomic E-state index is 6.63. The predicted octanol–water partition coefficient (Wildman–Crippen LogP) is 3.15. The van der Waals surface area contributed by atoms with E-state index in [0.29, 0.717) is 5.15 Å². The highest BCUT2D eigenvalue weighted by atomic mass is 35.5. The number of aromatic nitrogens is 1. The van der Waals surface area contributed by atoms with Gasteiger partial charge in [0.15, 0.2) is 0 Å². The molecule has 0 amide bonds. The molecule has 0 aliphatic carbocycles. The summed E-state index contributed by atoms with van der Waals surface area (Å²) in [6, 6.07) is 9.81. The zero-order valence-corrected chi connectivity index (χ0v) is 16.0. The molecule has 2 aromatic rings. The quantitative estimate of drug-likeness (QED) is 0.771. The molecule has 8 heteroatoms. The van der Waals surface area contributed by atoms with Crippen LogP contribution in [0.1, 0.15) is 11.1 Å². The van der Waals surface area contributed by atoms with Crippen molar-refractivity contribution in [2.75, 3.05) is 9.80 Å². The number of aryl methyl sites for hydroxylation is 2. The smallest absolute Gasteiger partial charge is 0.136 e. The van der Waals surface area contributed by atoms with E-state index in [4.69, 9.17) is 23.1 Å². The SMILES string of the molecule is Cc1cccc(C)c1N1C2=C(N=CN(c3ccc(Cl)nc3)C2N)SC1N. The number of nitrogens with two attached hydrogens (primary N) is 2. The van der Waals surface area contributed by atoms with Crippen LogP contribution in [0.2, 0.25) is 5.15 Å². The first-order valence-corrected chi connectivity index (χ1v) is 9.44. The number of rotatable bonds is 2. The number of thioether (sulfide) groups is 1. The molecule has 0 saturated heterocycles. The number of hydrogen-bond acceptors (Lipinski definition) is 7. The Morgan fingerprint density at radius 3 is 2.50 bits per heavy atom. The van der Waals surface area contributed by atoms with Gasteiger partial charge in [0, 0.05) is 5.69 Å². The zero-order chi connectivity index (χ0) is 18.4. The van der Waals surface area contributed by atoms with E-state index in [1.165, 1.54) is 11.8 Å². The maximum Gasteiger partial charge on any atom is 0.136 e. The van der Waals surface area contributed by atoms with Crippen LogP contribution in [0.15, 0.2) is 52.2 Å². The molecule has 0 fully saturated rings. The number of aliphatic imine (C=N–C) groups is 1. The molecule has 4 N–H and O–H groups in total. The fraction of sp³-hybridized carbons (Fsp3) is 0.222. The van der Waals surface area contributed by atoms with Crippen LogP contribution in [0.4, 0.5) is 11.4 Å². The molecular formula is C18H19ClN6S. The minimum Gasteiger partial charge on any atom is -0.314 e. The predicted molar refractivity (Wildman–Crippen MR) is 109 cm³/mol. The number of anilines is 2. The summed E-state index contributed by atoms with van der Waals surface area (Å²) >= 11 is 7.42. The lowest BCUT2D eigenvalue weighted by atomic mass is 10.1. The molecule has 26 heavy (non-hydrogen) atoms. The van der Waals surface area contributed by atoms with Crippen LogP contribution in [0, 0.1) is 13.8 Å². The summed E-state index contributed by atoms with van der Waals surface area (Å²) in [5.41, 5.74) is 17.9. The Hall–Kier alpha value is -2.06. The van der Waals surface area contributed by atoms with Crippen molar-refractivity contribution in [1.29, 1.82) is 0 Å². The Bertz CT molecular complexity index is 890. The third-order valence-corrected chi connectivity index (χ3v) is 5.75. The summed E-state index contributed by atoms with van der Waals surface area (Å²) in [7, 11) is 0. The number of pyridine rings is 1. The van der Waals surface area contributed by atoms with Crippen LogP contribution in [0.25, 0.3) is 0 Å². The van der Waals surface area contributed by atoms with Crippen molar-refractivity contribution in [2.24, 2.45) is 16.5 Å². The molecule has 3 heterocycles. The first-order valence-electron chi connectivity index (χ1n) is 8.19. The van der Waals surface area contributed by atoms with Gasteiger partial charge in [-0.3, -0.25) is 0 Å². The van der Waals surface area contributed by atoms with Gasteiger partial charge in [-0.05, 0) is 37.1 Å². The molecule has 0 bridgehead atoms. The molecule has 1 aromatic heterocycles. The highest BCUT2D eigenvalue weighted by Gasteiger charge is 2.40. The lowest BCUT2D eigenvalue weighted by Crippen LogP contribution is -2.51. The zero-order valence-electron chi connectivity index (χ0n) is 14.4. The first-order chi connectivity index (χ1) is 12.5. The standard InChI is InChI=1S/C18H19ClN6S/c1-10-4-3-5-11(2)14(10)25-15-16(20)24(9-23-17(15)26-18(25)21)12-6-7-13(19)22-8-12/h3-9,16,18H,20-21H2,1-2H3. The molecule has 2 aliphatic heterocycles. The Morgan fingerprint density at radius 1 is 1.12 bits per heavy atom. The number of hydrogen-bond donors (Lipinski definition) is 2. The van der Waals surface area contributed by atoms with E-state index in [9.17, 15) is 0 Å². The summed E-state index contributed by atoms with van der Waals surface area (Å²) in [5.74, 6) is 0. The largest absolute Gasteiger partial charge is 0.314 e. The average Bonchev–Trinajstić information content (AvgIpc) is 2.93. The van der Waals surface area contributed by atoms with Crippen LogP contribution < -0.4 is 21.3 Å². The third-order valence-electron chi connectivity index (χ3n) is 4.54. The first kappa shape index (κ1) is 17.4. The van der Waals surface area contributed by atoms with Crippen molar-refractivity contribution in [2.45, 2.75) is 25.5 Å². The Morgan fingerprint density at radius 2 is 1.85 bits per heavy atom. The summed E-state index contributed by atoms with van der Waals surface area (Å²) in [6.07, 6.45) is 2.98. The third kappa shape index (κ3) is 2.77. The number of para-hydroxylation sites is 1. The van der Waals surface area contributed by atoms with Gasteiger partial charge in [-0.1, -0.05) is 41.6 Å². The monoisotopic (exact) mass is 386 g/mol. The average molecular weight is 387 g/mol. The molecule has 2 atom stereocenters. The van der Waals surface area contributed by atoms with E-state index >= 15 is 0 Å². The number of benzene rings is 1. The minimum atomic E-state index is -0.425. The second kappa shape index (κ2) is 6.59. The highest BCUT2D eigenvalue weighted by Crippen LogP contribution is 2.45. The van der Waals surface area contributed by atoms with Gasteiger partial charge in [-0.15, -0.1) is 0 Å². The van der Waals surface area contributed by atoms with Gasteiger partial charge in [0.1, 0.15) is 21.8 Å². The van der Waals surface area contributed by atoms with Gasteiger partial charge >= 0.3 is 0 Å². The summed E-state index contributed by atoms with van der Waals surface area (Å²) in [4.78, 5) is 12.7. The van der Waals surface area contributed by atoms with Crippen molar-refractivity contribution in [3.63, 3.8) is 0 Å². The molecule has 0 saturated carbocycles. The second-order valence-corrected chi connectivity index (χ2v) is 7.74. The van der Waals surface area contributed by atoms with Crippen LogP contribution in [0.5, 0.6) is 0 Å². The van der Waals surface area contributed by atoms with Crippen molar-refractivity contribution >= 4 is 41.1 Å². The molecule has 4 rings (SSSR count). The molecule has 134 valence electrons. The second-order valence-electron chi connectivity index (χ2n) is 6.25. The Labute approximate surface area is 161 Å². The van der Waals surface area contributed by atoms with Crippen molar-refractivity contribution < 1.29 is 0 Å². The Kier molecular flexibility index (Phi) is 4.40. The van der Waals surface area contributed by atoms with Crippen molar-refractivity contribution in [3.05, 3.63) is 63.5 Å². The van der Waals surface area contributed by atoms with E-state index in [2.05, 4.69) is 40.9 Å². The van der Waals surface area contributed by atoms with Gasteiger partial charge in [0.2, 0.25) is 0 Å². The molecule has 6 nitrogen and oxygen atoms in total. The van der Waals surface area contributed by atoms with Crippen LogP contribution in [-0.2, 0) is 0 Å². The van der Waals surface area contributed by atoms with E-state index < -0.39 is 6.17 Å². The minimum absolute atomic E-state index is 0.272. The van der Waals surface area contributed by atoms with Crippen LogP contribution in [0.3, 0.4) is 0 Å². The molecular weight excluding hydrogens is 368 g/mol. The van der Waals surface area contributed by atoms with E-state index in [-0.39, 0.29) is 5.50 Å². The summed E-state index contributed by atoms with van der Waals surface area (Å²) in [6.45, 7) is 4.16. The molecule has 0 spiro atoms. The van der Waals surface area contributed by atoms with E-state index in [1.807, 2.05) is 17.0 Å². The molecule has 2 aliphatic rings. The van der Waals surface area contributed by atoms with Gasteiger partial charge in [0.05, 0.1) is 23.9 Å². The van der Waals surface area contributed by atoms with Gasteiger partial charge in [-0.2, -0.15) is 0 Å². The molecule has 2 unspecified atom stereocenters. The maximum atomic E-state index is 6.63. The van der Waals surface area contributed by atoms with E-state index in [0.717, 1.165) is 33.2 Å². The van der Waals surface area contributed by atoms with E-state index in [1.54, 1.807) is 18.6 Å².